The predicted octanol–water partition coefficient (Wildman–Crippen LogP) is 4.79. The fourth-order valence-corrected chi connectivity index (χ4v) is 3.72. The maximum Gasteiger partial charge on any atom is 0.202 e. The summed E-state index contributed by atoms with van der Waals surface area (Å²) in [4.78, 5) is 12.6. The van der Waals surface area contributed by atoms with E-state index in [0.717, 1.165) is 22.6 Å². The number of aryl methyl sites for hydroxylation is 2. The lowest BCUT2D eigenvalue weighted by molar-refractivity contribution is 0.0920. The van der Waals surface area contributed by atoms with Gasteiger partial charge in [0.25, 0.3) is 0 Å². The van der Waals surface area contributed by atoms with Gasteiger partial charge in [-0.25, -0.2) is 0 Å². The molecule has 2 aromatic rings. The summed E-state index contributed by atoms with van der Waals surface area (Å²) in [6, 6.07) is 10.4. The van der Waals surface area contributed by atoms with Gasteiger partial charge in [-0.2, -0.15) is 0 Å². The fourth-order valence-electron chi connectivity index (χ4n) is 3.72. The van der Waals surface area contributed by atoms with Crippen molar-refractivity contribution in [3.8, 4) is 5.75 Å². The Morgan fingerprint density at radius 3 is 2.61 bits per heavy atom. The largest absolute Gasteiger partial charge is 0.485 e. The summed E-state index contributed by atoms with van der Waals surface area (Å²) < 4.78 is 8.03. The molecule has 3 rings (SSSR count). The molecule has 0 bridgehead atoms. The third kappa shape index (κ3) is 3.34. The van der Waals surface area contributed by atoms with Gasteiger partial charge < -0.3 is 9.30 Å². The van der Waals surface area contributed by atoms with Crippen LogP contribution in [0, 0.1) is 20.8 Å². The van der Waals surface area contributed by atoms with E-state index in [-0.39, 0.29) is 12.4 Å². The van der Waals surface area contributed by atoms with Crippen molar-refractivity contribution < 1.29 is 9.53 Å². The summed E-state index contributed by atoms with van der Waals surface area (Å²) in [5.74, 6) is 0.812. The molecule has 1 aromatic heterocycles. The molecule has 1 heterocycles. The summed E-state index contributed by atoms with van der Waals surface area (Å²) >= 11 is 0. The molecular weight excluding hydrogens is 286 g/mol. The topological polar surface area (TPSA) is 31.2 Å². The van der Waals surface area contributed by atoms with Crippen molar-refractivity contribution in [2.45, 2.75) is 52.5 Å². The predicted molar refractivity (Wildman–Crippen MR) is 92.4 cm³/mol. The molecule has 122 valence electrons. The van der Waals surface area contributed by atoms with E-state index >= 15 is 0 Å². The molecule has 0 aliphatic heterocycles. The average molecular weight is 311 g/mol. The molecule has 1 aromatic carbocycles. The number of hydrogen-bond acceptors (Lipinski definition) is 2. The van der Waals surface area contributed by atoms with Crippen molar-refractivity contribution in [2.75, 3.05) is 6.61 Å². The number of benzene rings is 1. The van der Waals surface area contributed by atoms with Crippen LogP contribution >= 0.6 is 0 Å². The third-order valence-corrected chi connectivity index (χ3v) is 4.83. The zero-order chi connectivity index (χ0) is 16.4. The fraction of sp³-hybridized carbons (Fsp3) is 0.450. The van der Waals surface area contributed by atoms with E-state index in [0.29, 0.717) is 6.04 Å². The Kier molecular flexibility index (Phi) is 4.56. The van der Waals surface area contributed by atoms with Crippen LogP contribution in [0.25, 0.3) is 0 Å². The molecule has 1 saturated carbocycles. The van der Waals surface area contributed by atoms with Crippen molar-refractivity contribution in [3.63, 3.8) is 0 Å². The first-order valence-corrected chi connectivity index (χ1v) is 8.47. The first-order valence-electron chi connectivity index (χ1n) is 8.47. The van der Waals surface area contributed by atoms with Gasteiger partial charge in [0.1, 0.15) is 5.75 Å². The number of hydrogen-bond donors (Lipinski definition) is 0. The SMILES string of the molecule is Cc1cccc(OCC(=O)c2cc(C)n(C3CCCC3)c2C)c1. The molecule has 0 unspecified atom stereocenters. The Morgan fingerprint density at radius 2 is 1.91 bits per heavy atom. The Labute approximate surface area is 138 Å². The summed E-state index contributed by atoms with van der Waals surface area (Å²) in [6.07, 6.45) is 5.04. The van der Waals surface area contributed by atoms with Crippen LogP contribution in [-0.4, -0.2) is 17.0 Å². The smallest absolute Gasteiger partial charge is 0.202 e. The highest BCUT2D eigenvalue weighted by atomic mass is 16.5. The van der Waals surface area contributed by atoms with Crippen molar-refractivity contribution in [3.05, 3.63) is 52.8 Å². The van der Waals surface area contributed by atoms with E-state index in [1.165, 1.54) is 31.4 Å². The number of nitrogens with zero attached hydrogens (tertiary/aromatic N) is 1. The number of carbonyl (C=O) groups excluding carboxylic acids is 1. The first-order chi connectivity index (χ1) is 11.1. The van der Waals surface area contributed by atoms with Gasteiger partial charge in [0, 0.05) is 23.0 Å². The highest BCUT2D eigenvalue weighted by Crippen LogP contribution is 2.33. The average Bonchev–Trinajstić information content (AvgIpc) is 3.13. The van der Waals surface area contributed by atoms with Crippen LogP contribution < -0.4 is 4.74 Å². The van der Waals surface area contributed by atoms with Crippen LogP contribution in [0.3, 0.4) is 0 Å². The molecule has 1 fully saturated rings. The molecule has 1 aliphatic carbocycles. The Morgan fingerprint density at radius 1 is 1.17 bits per heavy atom. The summed E-state index contributed by atoms with van der Waals surface area (Å²) in [5, 5.41) is 0. The number of ether oxygens (including phenoxy) is 1. The normalized spacial score (nSPS) is 15.1. The Hall–Kier alpha value is -2.03. The molecule has 23 heavy (non-hydrogen) atoms. The second kappa shape index (κ2) is 6.61. The van der Waals surface area contributed by atoms with Gasteiger partial charge in [0.15, 0.2) is 6.61 Å². The lowest BCUT2D eigenvalue weighted by Crippen LogP contribution is -2.14. The van der Waals surface area contributed by atoms with Gasteiger partial charge in [-0.15, -0.1) is 0 Å². The van der Waals surface area contributed by atoms with Gasteiger partial charge >= 0.3 is 0 Å². The van der Waals surface area contributed by atoms with Gasteiger partial charge in [0.05, 0.1) is 0 Å². The standard InChI is InChI=1S/C20H25NO2/c1-14-7-6-10-18(11-14)23-13-20(22)19-12-15(2)21(16(19)3)17-8-4-5-9-17/h6-7,10-12,17H,4-5,8-9,13H2,1-3H3. The zero-order valence-electron chi connectivity index (χ0n) is 14.3. The molecule has 3 heteroatoms. The molecule has 0 saturated heterocycles. The minimum Gasteiger partial charge on any atom is -0.485 e. The quantitative estimate of drug-likeness (QED) is 0.743. The highest BCUT2D eigenvalue weighted by Gasteiger charge is 2.23. The Bertz CT molecular complexity index is 708. The molecule has 3 nitrogen and oxygen atoms in total. The second-order valence-electron chi connectivity index (χ2n) is 6.62. The second-order valence-corrected chi connectivity index (χ2v) is 6.62. The lowest BCUT2D eigenvalue weighted by atomic mass is 10.1. The Balaban J connectivity index is 1.73. The number of carbonyl (C=O) groups is 1. The van der Waals surface area contributed by atoms with E-state index in [9.17, 15) is 4.79 Å². The molecule has 0 spiro atoms. The van der Waals surface area contributed by atoms with E-state index in [1.807, 2.05) is 37.3 Å². The molecule has 0 amide bonds. The van der Waals surface area contributed by atoms with E-state index in [2.05, 4.69) is 18.4 Å². The zero-order valence-corrected chi connectivity index (χ0v) is 14.3. The lowest BCUT2D eigenvalue weighted by Gasteiger charge is -2.17. The third-order valence-electron chi connectivity index (χ3n) is 4.83. The minimum absolute atomic E-state index is 0.0591. The maximum absolute atomic E-state index is 12.6. The van der Waals surface area contributed by atoms with Crippen LogP contribution in [0.2, 0.25) is 0 Å². The van der Waals surface area contributed by atoms with Crippen LogP contribution in [0.1, 0.15) is 59.0 Å². The van der Waals surface area contributed by atoms with E-state index in [1.54, 1.807) is 0 Å². The van der Waals surface area contributed by atoms with Crippen molar-refractivity contribution in [1.82, 2.24) is 4.57 Å². The van der Waals surface area contributed by atoms with Crippen molar-refractivity contribution in [2.24, 2.45) is 0 Å². The summed E-state index contributed by atoms with van der Waals surface area (Å²) in [5.41, 5.74) is 4.22. The maximum atomic E-state index is 12.6. The van der Waals surface area contributed by atoms with Gasteiger partial charge in [-0.05, 0) is 57.4 Å². The summed E-state index contributed by atoms with van der Waals surface area (Å²) in [7, 11) is 0. The number of rotatable bonds is 5. The molecule has 1 aliphatic rings. The summed E-state index contributed by atoms with van der Waals surface area (Å²) in [6.45, 7) is 6.27. The van der Waals surface area contributed by atoms with E-state index in [4.69, 9.17) is 4.74 Å². The minimum atomic E-state index is 0.0591. The van der Waals surface area contributed by atoms with Crippen LogP contribution in [0.4, 0.5) is 0 Å². The van der Waals surface area contributed by atoms with Crippen LogP contribution in [-0.2, 0) is 0 Å². The highest BCUT2D eigenvalue weighted by molar-refractivity contribution is 5.98. The number of ketones is 1. The van der Waals surface area contributed by atoms with Gasteiger partial charge in [0.2, 0.25) is 5.78 Å². The monoisotopic (exact) mass is 311 g/mol. The van der Waals surface area contributed by atoms with Gasteiger partial charge in [-0.3, -0.25) is 4.79 Å². The number of aromatic nitrogens is 1. The van der Waals surface area contributed by atoms with Crippen LogP contribution in [0.15, 0.2) is 30.3 Å². The molecule has 0 radical (unpaired) electrons. The molecule has 0 atom stereocenters. The van der Waals surface area contributed by atoms with Crippen molar-refractivity contribution in [1.29, 1.82) is 0 Å². The molecular formula is C20H25NO2. The van der Waals surface area contributed by atoms with Crippen molar-refractivity contribution >= 4 is 5.78 Å². The van der Waals surface area contributed by atoms with E-state index < -0.39 is 0 Å². The van der Waals surface area contributed by atoms with Crippen LogP contribution in [0.5, 0.6) is 5.75 Å². The molecule has 0 N–H and O–H groups in total. The number of Topliss-reactive ketones (excluding diaryl/α,β-unsaturated/α-hetero) is 1. The first kappa shape index (κ1) is 15.9. The van der Waals surface area contributed by atoms with Gasteiger partial charge in [-0.1, -0.05) is 25.0 Å².